The van der Waals surface area contributed by atoms with Crippen LogP contribution in [-0.4, -0.2) is 66.2 Å². The summed E-state index contributed by atoms with van der Waals surface area (Å²) in [6, 6.07) is 7.52. The van der Waals surface area contributed by atoms with Gasteiger partial charge in [-0.25, -0.2) is 0 Å². The first-order chi connectivity index (χ1) is 12.1. The maximum absolute atomic E-state index is 12.6. The summed E-state index contributed by atoms with van der Waals surface area (Å²) in [6.07, 6.45) is 4.58. The molecule has 0 unspecified atom stereocenters. The molecule has 0 aromatic heterocycles. The molecule has 5 heteroatoms. The largest absolute Gasteiger partial charge is 0.508 e. The third-order valence-electron chi connectivity index (χ3n) is 5.65. The first-order valence-electron chi connectivity index (χ1n) is 9.52. The summed E-state index contributed by atoms with van der Waals surface area (Å²) in [7, 11) is 0. The van der Waals surface area contributed by atoms with E-state index >= 15 is 0 Å². The molecule has 0 bridgehead atoms. The van der Waals surface area contributed by atoms with E-state index in [1.807, 2.05) is 17.0 Å². The first kappa shape index (κ1) is 18.2. The first-order valence-corrected chi connectivity index (χ1v) is 9.52. The van der Waals surface area contributed by atoms with E-state index in [9.17, 15) is 9.90 Å². The number of carbonyl (C=O) groups excluding carboxylic acids is 1. The van der Waals surface area contributed by atoms with Crippen molar-refractivity contribution in [3.8, 4) is 5.75 Å². The summed E-state index contributed by atoms with van der Waals surface area (Å²) in [5.41, 5.74) is 1.29. The normalized spacial score (nSPS) is 21.2. The maximum Gasteiger partial charge on any atom is 0.239 e. The average molecular weight is 346 g/mol. The Hall–Kier alpha value is -1.59. The molecule has 2 heterocycles. The molecule has 2 aliphatic heterocycles. The molecule has 0 aliphatic carbocycles. The second kappa shape index (κ2) is 8.68. The van der Waals surface area contributed by atoms with Gasteiger partial charge in [0.2, 0.25) is 5.91 Å². The van der Waals surface area contributed by atoms with Crippen LogP contribution in [0.5, 0.6) is 5.75 Å². The van der Waals surface area contributed by atoms with Gasteiger partial charge in [0, 0.05) is 13.1 Å². The Bertz CT molecular complexity index is 547. The fourth-order valence-corrected chi connectivity index (χ4v) is 3.87. The number of piperidine rings is 1. The van der Waals surface area contributed by atoms with E-state index < -0.39 is 0 Å². The van der Waals surface area contributed by atoms with Gasteiger partial charge in [0.05, 0.1) is 19.3 Å². The smallest absolute Gasteiger partial charge is 0.239 e. The molecule has 0 saturated carbocycles. The number of phenols is 1. The highest BCUT2D eigenvalue weighted by Gasteiger charge is 2.29. The Morgan fingerprint density at radius 3 is 2.44 bits per heavy atom. The van der Waals surface area contributed by atoms with E-state index in [0.717, 1.165) is 38.5 Å². The van der Waals surface area contributed by atoms with Crippen molar-refractivity contribution in [3.05, 3.63) is 29.8 Å². The van der Waals surface area contributed by atoms with Crippen LogP contribution < -0.4 is 0 Å². The Kier molecular flexibility index (Phi) is 6.32. The Balaban J connectivity index is 1.41. The van der Waals surface area contributed by atoms with E-state index in [1.54, 1.807) is 12.1 Å². The highest BCUT2D eigenvalue weighted by molar-refractivity contribution is 5.81. The van der Waals surface area contributed by atoms with Crippen LogP contribution in [-0.2, 0) is 16.0 Å². The van der Waals surface area contributed by atoms with Crippen LogP contribution in [0.15, 0.2) is 24.3 Å². The lowest BCUT2D eigenvalue weighted by Crippen LogP contribution is -2.52. The molecule has 1 N–H and O–H groups in total. The van der Waals surface area contributed by atoms with E-state index in [4.69, 9.17) is 4.74 Å². The summed E-state index contributed by atoms with van der Waals surface area (Å²) >= 11 is 0. The number of ether oxygens (including phenoxy) is 1. The van der Waals surface area contributed by atoms with Crippen LogP contribution in [0.4, 0.5) is 0 Å². The van der Waals surface area contributed by atoms with Crippen LogP contribution in [0.3, 0.4) is 0 Å². The number of morpholine rings is 1. The highest BCUT2D eigenvalue weighted by atomic mass is 16.5. The van der Waals surface area contributed by atoms with Crippen molar-refractivity contribution in [1.82, 2.24) is 9.80 Å². The Labute approximate surface area is 150 Å². The summed E-state index contributed by atoms with van der Waals surface area (Å²) in [5, 5.41) is 9.35. The van der Waals surface area contributed by atoms with E-state index in [0.29, 0.717) is 19.0 Å². The second-order valence-corrected chi connectivity index (χ2v) is 7.30. The van der Waals surface area contributed by atoms with Crippen molar-refractivity contribution in [2.45, 2.75) is 38.6 Å². The monoisotopic (exact) mass is 346 g/mol. The van der Waals surface area contributed by atoms with Crippen molar-refractivity contribution in [3.63, 3.8) is 0 Å². The van der Waals surface area contributed by atoms with Crippen LogP contribution >= 0.6 is 0 Å². The van der Waals surface area contributed by atoms with Gasteiger partial charge in [0.1, 0.15) is 5.75 Å². The molecule has 1 aromatic rings. The van der Waals surface area contributed by atoms with Crippen molar-refractivity contribution >= 4 is 5.91 Å². The van der Waals surface area contributed by atoms with Crippen LogP contribution in [0, 0.1) is 5.92 Å². The number of aryl methyl sites for hydroxylation is 1. The molecule has 5 nitrogen and oxygen atoms in total. The van der Waals surface area contributed by atoms with Crippen LogP contribution in [0.25, 0.3) is 0 Å². The van der Waals surface area contributed by atoms with E-state index in [-0.39, 0.29) is 11.9 Å². The molecule has 1 amide bonds. The van der Waals surface area contributed by atoms with Crippen LogP contribution in [0.2, 0.25) is 0 Å². The predicted octanol–water partition coefficient (Wildman–Crippen LogP) is 2.28. The molecule has 2 fully saturated rings. The van der Waals surface area contributed by atoms with Gasteiger partial charge in [0.25, 0.3) is 0 Å². The predicted molar refractivity (Wildman–Crippen MR) is 97.6 cm³/mol. The van der Waals surface area contributed by atoms with Crippen molar-refractivity contribution < 1.29 is 14.6 Å². The molecule has 1 atom stereocenters. The molecule has 25 heavy (non-hydrogen) atoms. The lowest BCUT2D eigenvalue weighted by molar-refractivity contribution is -0.141. The minimum absolute atomic E-state index is 0.0175. The molecule has 138 valence electrons. The van der Waals surface area contributed by atoms with Gasteiger partial charge in [-0.1, -0.05) is 12.1 Å². The maximum atomic E-state index is 12.6. The van der Waals surface area contributed by atoms with Gasteiger partial charge in [-0.2, -0.15) is 0 Å². The summed E-state index contributed by atoms with van der Waals surface area (Å²) in [4.78, 5) is 16.9. The molecular formula is C20H30N2O3. The number of phenolic OH excluding ortho intramolecular Hbond substituents is 1. The number of nitrogens with zero attached hydrogens (tertiary/aromatic N) is 2. The van der Waals surface area contributed by atoms with Crippen LogP contribution in [0.1, 0.15) is 31.7 Å². The SMILES string of the molecule is C[C@H](C(=O)N1CCOCC1)N1CCC(CCc2ccc(O)cc2)CC1. The molecule has 2 aliphatic rings. The number of amides is 1. The number of hydrogen-bond acceptors (Lipinski definition) is 4. The second-order valence-electron chi connectivity index (χ2n) is 7.30. The van der Waals surface area contributed by atoms with E-state index in [1.165, 1.54) is 24.8 Å². The van der Waals surface area contributed by atoms with Crippen molar-refractivity contribution in [2.75, 3.05) is 39.4 Å². The number of aromatic hydroxyl groups is 1. The summed E-state index contributed by atoms with van der Waals surface area (Å²) < 4.78 is 5.34. The topological polar surface area (TPSA) is 53.0 Å². The lowest BCUT2D eigenvalue weighted by atomic mass is 9.90. The zero-order valence-electron chi connectivity index (χ0n) is 15.2. The fourth-order valence-electron chi connectivity index (χ4n) is 3.87. The third kappa shape index (κ3) is 4.95. The van der Waals surface area contributed by atoms with Gasteiger partial charge < -0.3 is 14.7 Å². The van der Waals surface area contributed by atoms with E-state index in [2.05, 4.69) is 11.8 Å². The molecule has 2 saturated heterocycles. The van der Waals surface area contributed by atoms with Gasteiger partial charge in [-0.05, 0) is 69.3 Å². The zero-order chi connectivity index (χ0) is 17.6. The van der Waals surface area contributed by atoms with Gasteiger partial charge >= 0.3 is 0 Å². The third-order valence-corrected chi connectivity index (χ3v) is 5.65. The molecule has 1 aromatic carbocycles. The lowest BCUT2D eigenvalue weighted by Gasteiger charge is -2.38. The number of carbonyl (C=O) groups is 1. The number of likely N-dealkylation sites (tertiary alicyclic amines) is 1. The average Bonchev–Trinajstić information content (AvgIpc) is 2.67. The van der Waals surface area contributed by atoms with Crippen molar-refractivity contribution in [1.29, 1.82) is 0 Å². The minimum Gasteiger partial charge on any atom is -0.508 e. The standard InChI is InChI=1S/C20H30N2O3/c1-16(20(24)22-12-14-25-15-13-22)21-10-8-18(9-11-21)3-2-17-4-6-19(23)7-5-17/h4-7,16,18,23H,2-3,8-15H2,1H3/t16-/m1/s1. The van der Waals surface area contributed by atoms with Gasteiger partial charge in [-0.15, -0.1) is 0 Å². The Morgan fingerprint density at radius 2 is 1.80 bits per heavy atom. The highest BCUT2D eigenvalue weighted by Crippen LogP contribution is 2.24. The van der Waals surface area contributed by atoms with Gasteiger partial charge in [0.15, 0.2) is 0 Å². The molecular weight excluding hydrogens is 316 g/mol. The number of benzene rings is 1. The molecule has 3 rings (SSSR count). The number of hydrogen-bond donors (Lipinski definition) is 1. The van der Waals surface area contributed by atoms with Crippen molar-refractivity contribution in [2.24, 2.45) is 5.92 Å². The number of rotatable bonds is 5. The molecule has 0 spiro atoms. The Morgan fingerprint density at radius 1 is 1.16 bits per heavy atom. The zero-order valence-corrected chi connectivity index (χ0v) is 15.2. The molecule has 0 radical (unpaired) electrons. The minimum atomic E-state index is -0.0175. The quantitative estimate of drug-likeness (QED) is 0.889. The summed E-state index contributed by atoms with van der Waals surface area (Å²) in [5.74, 6) is 1.32. The van der Waals surface area contributed by atoms with Gasteiger partial charge in [-0.3, -0.25) is 9.69 Å². The summed E-state index contributed by atoms with van der Waals surface area (Å²) in [6.45, 7) is 6.86. The fraction of sp³-hybridized carbons (Fsp3) is 0.650.